The van der Waals surface area contributed by atoms with Gasteiger partial charge in [0.1, 0.15) is 0 Å². The molecule has 0 radical (unpaired) electrons. The molecule has 0 atom stereocenters. The molecule has 0 aliphatic rings. The van der Waals surface area contributed by atoms with E-state index in [0.717, 1.165) is 43.9 Å². The van der Waals surface area contributed by atoms with Gasteiger partial charge in [0.15, 0.2) is 11.5 Å². The van der Waals surface area contributed by atoms with Crippen molar-refractivity contribution in [3.8, 4) is 62.3 Å². The zero-order valence-corrected chi connectivity index (χ0v) is 25.9. The molecule has 0 spiro atoms. The fraction of sp³-hybridized carbons (Fsp3) is 0. The summed E-state index contributed by atoms with van der Waals surface area (Å²) in [5.41, 5.74) is 3.85. The molecule has 9 rings (SSSR count). The van der Waals surface area contributed by atoms with Crippen molar-refractivity contribution in [2.24, 2.45) is 0 Å². The number of fused-ring (bicyclic) bond motifs is 7. The van der Waals surface area contributed by atoms with Gasteiger partial charge in [-0.3, -0.25) is 4.98 Å². The van der Waals surface area contributed by atoms with Crippen LogP contribution in [0.25, 0.3) is 87.4 Å². The molecule has 234 valence electrons. The van der Waals surface area contributed by atoms with E-state index in [1.807, 2.05) is 60.8 Å². The molecule has 0 saturated carbocycles. The number of phenols is 5. The summed E-state index contributed by atoms with van der Waals surface area (Å²) in [6, 6.07) is 42.6. The van der Waals surface area contributed by atoms with E-state index in [1.54, 1.807) is 0 Å². The van der Waals surface area contributed by atoms with Crippen LogP contribution in [-0.2, 0) is 0 Å². The molecule has 9 aromatic rings. The quantitative estimate of drug-likeness (QED) is 0.0570. The van der Waals surface area contributed by atoms with Crippen molar-refractivity contribution in [1.82, 2.24) is 4.98 Å². The molecule has 1 aromatic heterocycles. The summed E-state index contributed by atoms with van der Waals surface area (Å²) < 4.78 is 0. The lowest BCUT2D eigenvalue weighted by molar-refractivity contribution is 0.330. The number of aromatic hydroxyl groups is 5. The van der Waals surface area contributed by atoms with Gasteiger partial charge < -0.3 is 25.5 Å². The van der Waals surface area contributed by atoms with Crippen LogP contribution in [0.1, 0.15) is 0 Å². The SMILES string of the molecule is Oc1c(O)c(O)c(-c2c3ccccc3c(-c3ccc(-c4cc5ccc6ccccc6c5c5ccccc45)nc3)c3ccccc23)c(O)c1O. The third-order valence-corrected chi connectivity index (χ3v) is 9.63. The number of hydrogen-bond acceptors (Lipinski definition) is 6. The minimum atomic E-state index is -0.998. The maximum Gasteiger partial charge on any atom is 0.208 e. The van der Waals surface area contributed by atoms with Gasteiger partial charge in [-0.05, 0) is 71.6 Å². The van der Waals surface area contributed by atoms with Crippen LogP contribution in [0.15, 0.2) is 134 Å². The average molecular weight is 638 g/mol. The number of rotatable bonds is 3. The van der Waals surface area contributed by atoms with Crippen molar-refractivity contribution < 1.29 is 25.5 Å². The standard InChI is InChI=1S/C43H27NO5/c45-39-38(40(46)42(48)43(49)41(39)47)37-31-15-7-5-13-29(31)36(30-14-6-8-16-32(30)37)25-19-20-34(44-22-25)33-21-24-18-17-23-9-1-2-10-26(23)35(24)28-12-4-3-11-27(28)33/h1-22,45-49H. The van der Waals surface area contributed by atoms with E-state index in [0.29, 0.717) is 16.3 Å². The number of pyridine rings is 1. The predicted molar refractivity (Wildman–Crippen MR) is 196 cm³/mol. The summed E-state index contributed by atoms with van der Waals surface area (Å²) in [5.74, 6) is -4.31. The molecule has 6 nitrogen and oxygen atoms in total. The molecule has 49 heavy (non-hydrogen) atoms. The van der Waals surface area contributed by atoms with Gasteiger partial charge in [0.05, 0.1) is 11.3 Å². The summed E-state index contributed by atoms with van der Waals surface area (Å²) in [6.45, 7) is 0. The van der Waals surface area contributed by atoms with Crippen LogP contribution in [-0.4, -0.2) is 30.5 Å². The molecule has 0 fully saturated rings. The third-order valence-electron chi connectivity index (χ3n) is 9.63. The highest BCUT2D eigenvalue weighted by Gasteiger charge is 2.28. The first kappa shape index (κ1) is 28.4. The Labute approximate surface area is 279 Å². The minimum absolute atomic E-state index is 0.184. The maximum atomic E-state index is 11.0. The van der Waals surface area contributed by atoms with E-state index in [1.165, 1.54) is 21.5 Å². The van der Waals surface area contributed by atoms with E-state index in [4.69, 9.17) is 4.98 Å². The number of nitrogens with zero attached hydrogens (tertiary/aromatic N) is 1. The summed E-state index contributed by atoms with van der Waals surface area (Å²) in [5, 5.41) is 62.9. The smallest absolute Gasteiger partial charge is 0.208 e. The molecule has 6 heteroatoms. The topological polar surface area (TPSA) is 114 Å². The van der Waals surface area contributed by atoms with E-state index < -0.39 is 28.7 Å². The molecule has 0 saturated heterocycles. The Morgan fingerprint density at radius 2 is 0.857 bits per heavy atom. The highest BCUT2D eigenvalue weighted by Crippen LogP contribution is 2.57. The molecule has 0 aliphatic carbocycles. The molecule has 5 N–H and O–H groups in total. The van der Waals surface area contributed by atoms with Crippen molar-refractivity contribution in [2.45, 2.75) is 0 Å². The van der Waals surface area contributed by atoms with Gasteiger partial charge in [-0.15, -0.1) is 0 Å². The van der Waals surface area contributed by atoms with Gasteiger partial charge in [0, 0.05) is 22.9 Å². The zero-order chi connectivity index (χ0) is 33.4. The second kappa shape index (κ2) is 10.6. The van der Waals surface area contributed by atoms with Gasteiger partial charge in [-0.2, -0.15) is 0 Å². The number of benzene rings is 8. The van der Waals surface area contributed by atoms with E-state index in [9.17, 15) is 25.5 Å². The first-order valence-corrected chi connectivity index (χ1v) is 15.8. The monoisotopic (exact) mass is 637 g/mol. The highest BCUT2D eigenvalue weighted by atomic mass is 16.4. The normalized spacial score (nSPS) is 11.7. The molecular formula is C43H27NO5. The van der Waals surface area contributed by atoms with Crippen molar-refractivity contribution in [3.63, 3.8) is 0 Å². The Morgan fingerprint density at radius 1 is 0.367 bits per heavy atom. The lowest BCUT2D eigenvalue weighted by atomic mass is 9.85. The minimum Gasteiger partial charge on any atom is -0.504 e. The van der Waals surface area contributed by atoms with Crippen molar-refractivity contribution >= 4 is 53.9 Å². The van der Waals surface area contributed by atoms with E-state index in [-0.39, 0.29) is 5.56 Å². The molecule has 8 aromatic carbocycles. The maximum absolute atomic E-state index is 11.0. The van der Waals surface area contributed by atoms with E-state index >= 15 is 0 Å². The Hall–Kier alpha value is -6.79. The van der Waals surface area contributed by atoms with Gasteiger partial charge >= 0.3 is 0 Å². The summed E-state index contributed by atoms with van der Waals surface area (Å²) in [4.78, 5) is 5.03. The number of phenolic OH excluding ortho intramolecular Hbond substituents is 5. The fourth-order valence-electron chi connectivity index (χ4n) is 7.42. The zero-order valence-electron chi connectivity index (χ0n) is 25.9. The first-order chi connectivity index (χ1) is 23.9. The molecule has 0 aliphatic heterocycles. The highest BCUT2D eigenvalue weighted by molar-refractivity contribution is 6.24. The molecule has 0 unspecified atom stereocenters. The van der Waals surface area contributed by atoms with Crippen LogP contribution in [0.3, 0.4) is 0 Å². The third kappa shape index (κ3) is 4.11. The van der Waals surface area contributed by atoms with Gasteiger partial charge in [0.2, 0.25) is 17.2 Å². The molecular weight excluding hydrogens is 610 g/mol. The lowest BCUT2D eigenvalue weighted by Gasteiger charge is -2.20. The summed E-state index contributed by atoms with van der Waals surface area (Å²) in [6.07, 6.45) is 1.87. The van der Waals surface area contributed by atoms with E-state index in [2.05, 4.69) is 72.8 Å². The molecule has 0 bridgehead atoms. The van der Waals surface area contributed by atoms with Crippen molar-refractivity contribution in [1.29, 1.82) is 0 Å². The summed E-state index contributed by atoms with van der Waals surface area (Å²) in [7, 11) is 0. The fourth-order valence-corrected chi connectivity index (χ4v) is 7.42. The number of hydrogen-bond donors (Lipinski definition) is 5. The van der Waals surface area contributed by atoms with Crippen LogP contribution in [0.2, 0.25) is 0 Å². The van der Waals surface area contributed by atoms with Crippen LogP contribution in [0.4, 0.5) is 0 Å². The first-order valence-electron chi connectivity index (χ1n) is 15.8. The molecule has 1 heterocycles. The van der Waals surface area contributed by atoms with Gasteiger partial charge in [-0.1, -0.05) is 115 Å². The van der Waals surface area contributed by atoms with Crippen LogP contribution in [0.5, 0.6) is 28.7 Å². The van der Waals surface area contributed by atoms with Crippen LogP contribution < -0.4 is 0 Å². The summed E-state index contributed by atoms with van der Waals surface area (Å²) >= 11 is 0. The second-order valence-electron chi connectivity index (χ2n) is 12.2. The van der Waals surface area contributed by atoms with Crippen molar-refractivity contribution in [3.05, 3.63) is 134 Å². The van der Waals surface area contributed by atoms with Crippen LogP contribution >= 0.6 is 0 Å². The predicted octanol–water partition coefficient (Wildman–Crippen LogP) is 10.4. The number of aromatic nitrogens is 1. The Kier molecular flexibility index (Phi) is 6.16. The Bertz CT molecular complexity index is 2740. The molecule has 0 amide bonds. The lowest BCUT2D eigenvalue weighted by Crippen LogP contribution is -1.93. The van der Waals surface area contributed by atoms with Crippen molar-refractivity contribution in [2.75, 3.05) is 0 Å². The second-order valence-corrected chi connectivity index (χ2v) is 12.2. The largest absolute Gasteiger partial charge is 0.504 e. The Morgan fingerprint density at radius 3 is 1.45 bits per heavy atom. The Balaban J connectivity index is 1.27. The van der Waals surface area contributed by atoms with Crippen LogP contribution in [0, 0.1) is 0 Å². The van der Waals surface area contributed by atoms with Gasteiger partial charge in [-0.25, -0.2) is 0 Å². The average Bonchev–Trinajstić information content (AvgIpc) is 3.15. The van der Waals surface area contributed by atoms with Gasteiger partial charge in [0.25, 0.3) is 0 Å².